The molecule has 4 atom stereocenters. The number of fused-ring (bicyclic) bond motifs is 4. The number of nitro groups is 3. The molecule has 41 nitrogen and oxygen atoms in total. The van der Waals surface area contributed by atoms with Gasteiger partial charge in [0.25, 0.3) is 23.5 Å². The van der Waals surface area contributed by atoms with E-state index >= 15 is 0 Å². The Morgan fingerprint density at radius 2 is 0.903 bits per heavy atom. The number of ether oxygens (including phenoxy) is 2. The molecule has 4 unspecified atom stereocenters. The second kappa shape index (κ2) is 38.1. The standard InChI is InChI=1S/C17H19N5O6.C12H12IN3O4.C12H11N5O4.C12H13N5O2.C5H8N2O2.CH2O3.2Cs.H/c1-17(2,3)28-16(25)21-12-8-9(22(26)27)4-5-10(12)14(20-21)18-11-6-7-13(23)19-15(11)24;1-12(2,3)20-11(17)15-9-6-7(16(18)19)4-5-8(9)10(13)14-15;18-10-4-3-8(12(19)14-10)13-11-7-2-1-6(17(20)21)5-9(7)15-16-11;13-6-1-2-7-9(5-6)16-17-11(7)14-8-3-4-10(18)15-12(8)19;6-3-1-2-4(8)7-5(3)9;2-1-4-3;;;/h4-5,8,11H,6-7H2,1-3H3,(H,18,20)(H,19,23,24);4-6H,1-3H3;1-2,5,8H,3-4H2,(H2,13,15,16)(H,14,18,19);1-2,5,8H,3-4,13H2,(H2,14,16,17)(H,15,18,19);3H,1-2,6H2,(H,7,8,9);1,3H;;;/q;;;;;;2*+1;-1/p-1. The molecule has 0 radical (unpaired) electrons. The summed E-state index contributed by atoms with van der Waals surface area (Å²) in [6.45, 7) is 10.1. The molecule has 4 aromatic heterocycles. The average molecular weight is 1780 g/mol. The molecule has 8 amide bonds. The second-order valence-electron chi connectivity index (χ2n) is 24.0. The van der Waals surface area contributed by atoms with E-state index in [9.17, 15) is 78.3 Å². The van der Waals surface area contributed by atoms with Crippen LogP contribution < -0.4 is 192 Å². The van der Waals surface area contributed by atoms with Crippen molar-refractivity contribution < 1.29 is 226 Å². The van der Waals surface area contributed by atoms with Crippen LogP contribution in [0.25, 0.3) is 43.6 Å². The first-order valence-electron chi connectivity index (χ1n) is 30.0. The van der Waals surface area contributed by atoms with Gasteiger partial charge in [-0.2, -0.15) is 24.7 Å². The number of nitrogens with one attached hydrogen (secondary N) is 9. The van der Waals surface area contributed by atoms with Crippen LogP contribution in [0.15, 0.2) is 72.8 Å². The molecule has 0 aliphatic carbocycles. The zero-order chi connectivity index (χ0) is 74.4. The van der Waals surface area contributed by atoms with E-state index in [-0.39, 0.29) is 229 Å². The number of nitrogens with two attached hydrogens (primary N) is 2. The van der Waals surface area contributed by atoms with Crippen LogP contribution in [-0.2, 0) is 57.5 Å². The van der Waals surface area contributed by atoms with Gasteiger partial charge in [-0.25, -0.2) is 9.59 Å². The monoisotopic (exact) mass is 1780 g/mol. The third-order valence-corrected chi connectivity index (χ3v) is 15.0. The van der Waals surface area contributed by atoms with Gasteiger partial charge in [0.05, 0.1) is 42.9 Å². The number of piperidine rings is 4. The number of hydrogen-bond donors (Lipinski definition) is 11. The Morgan fingerprint density at radius 1 is 0.553 bits per heavy atom. The first-order chi connectivity index (χ1) is 47.5. The minimum Gasteiger partial charge on any atom is -1.00 e. The molecule has 0 bridgehead atoms. The number of carbonyl (C=O) groups is 11. The molecule has 8 heterocycles. The number of aromatic nitrogens is 8. The summed E-state index contributed by atoms with van der Waals surface area (Å²) in [5.74, 6) is -1.48. The van der Waals surface area contributed by atoms with Gasteiger partial charge in [0.2, 0.25) is 47.3 Å². The van der Waals surface area contributed by atoms with Crippen molar-refractivity contribution in [3.63, 3.8) is 0 Å². The minimum atomic E-state index is -0.811. The average Bonchev–Trinajstić information content (AvgIpc) is 1.65. The molecule has 0 spiro atoms. The summed E-state index contributed by atoms with van der Waals surface area (Å²) in [7, 11) is 0. The van der Waals surface area contributed by atoms with Crippen molar-refractivity contribution in [1.82, 2.24) is 61.2 Å². The number of carbonyl (C=O) groups excluding carboxylic acids is 11. The van der Waals surface area contributed by atoms with Crippen LogP contribution in [-0.4, -0.2) is 156 Å². The number of H-pyrrole nitrogens is 2. The van der Waals surface area contributed by atoms with E-state index < -0.39 is 74.1 Å². The summed E-state index contributed by atoms with van der Waals surface area (Å²) in [6.07, 6.45) is 1.24. The number of rotatable bonds is 10. The molecular formula is C59H65Cs2IN20O21. The minimum absolute atomic E-state index is 0. The number of anilines is 4. The molecular weight excluding hydrogens is 1720 g/mol. The Labute approximate surface area is 712 Å². The number of amides is 8. The fourth-order valence-corrected chi connectivity index (χ4v) is 10.1. The first kappa shape index (κ1) is 85.5. The molecule has 4 aliphatic rings. The van der Waals surface area contributed by atoms with E-state index in [0.717, 1.165) is 20.3 Å². The normalized spacial score (nSPS) is 17.0. The first-order valence-corrected chi connectivity index (χ1v) is 31.1. The Morgan fingerprint density at radius 3 is 1.29 bits per heavy atom. The van der Waals surface area contributed by atoms with Crippen LogP contribution in [0, 0.1) is 34.0 Å². The van der Waals surface area contributed by atoms with Crippen molar-refractivity contribution in [2.24, 2.45) is 5.73 Å². The van der Waals surface area contributed by atoms with E-state index in [1.54, 1.807) is 65.8 Å². The maximum Gasteiger partial charge on any atom is 1.00 e. The molecule has 4 aromatic carbocycles. The van der Waals surface area contributed by atoms with Crippen molar-refractivity contribution in [3.05, 3.63) is 107 Å². The largest absolute Gasteiger partial charge is 1.00 e. The van der Waals surface area contributed by atoms with Gasteiger partial charge in [0.1, 0.15) is 33.0 Å². The number of imide groups is 4. The zero-order valence-corrected chi connectivity index (χ0v) is 70.8. The Balaban J connectivity index is 0.000000277. The van der Waals surface area contributed by atoms with Crippen LogP contribution in [0.2, 0.25) is 0 Å². The smallest absolute Gasteiger partial charge is 1.00 e. The summed E-state index contributed by atoms with van der Waals surface area (Å²) < 4.78 is 13.1. The van der Waals surface area contributed by atoms with Gasteiger partial charge >= 0.3 is 150 Å². The zero-order valence-electron chi connectivity index (χ0n) is 57.1. The van der Waals surface area contributed by atoms with Crippen molar-refractivity contribution in [2.45, 2.75) is 128 Å². The number of benzene rings is 4. The number of nitro benzene ring substituents is 3. The van der Waals surface area contributed by atoms with Gasteiger partial charge in [-0.05, 0) is 126 Å². The van der Waals surface area contributed by atoms with Gasteiger partial charge in [0.15, 0.2) is 17.5 Å². The van der Waals surface area contributed by atoms with Crippen LogP contribution in [0.1, 0.15) is 94.3 Å². The molecule has 536 valence electrons. The predicted octanol–water partition coefficient (Wildman–Crippen LogP) is -2.37. The number of hydrogen-bond acceptors (Lipinski definition) is 30. The summed E-state index contributed by atoms with van der Waals surface area (Å²) in [4.78, 5) is 157. The van der Waals surface area contributed by atoms with Crippen LogP contribution in [0.5, 0.6) is 0 Å². The molecule has 8 aromatic rings. The molecule has 44 heteroatoms. The Hall–Kier alpha value is -8.12. The molecule has 0 saturated carbocycles. The van der Waals surface area contributed by atoms with Crippen molar-refractivity contribution in [2.75, 3.05) is 21.7 Å². The predicted molar refractivity (Wildman–Crippen MR) is 360 cm³/mol. The van der Waals surface area contributed by atoms with Crippen LogP contribution in [0.4, 0.5) is 49.8 Å². The summed E-state index contributed by atoms with van der Waals surface area (Å²) >= 11 is 1.97. The molecule has 4 saturated heterocycles. The number of nitrogens with zero attached hydrogens (tertiary/aromatic N) is 9. The SMILES string of the molecule is CC(C)(C)OC(=O)n1nc(I)c2ccc([N+](=O)[O-])cc21.CC(C)(C)OC(=O)n1nc(NC2CCC(=O)NC2=O)c2ccc([N+](=O)[O-])cc21.NC1CCC(=O)NC1=O.Nc1ccc2c(NC3CCC(=O)NC3=O)n[nH]c2c1.O=C1CCC(Nc2n[nH]c3cc([N+](=O)[O-])ccc23)C(=O)N1.O=CO[O-].[Cs+].[Cs+].[H-]. The Bertz CT molecular complexity index is 4610. The second-order valence-corrected chi connectivity index (χ2v) is 25.0. The molecule has 103 heavy (non-hydrogen) atoms. The summed E-state index contributed by atoms with van der Waals surface area (Å²) in [5, 5.41) is 83.4. The van der Waals surface area contributed by atoms with Gasteiger partial charge in [-0.3, -0.25) is 105 Å². The van der Waals surface area contributed by atoms with Gasteiger partial charge in [-0.15, -0.1) is 5.10 Å². The maximum absolute atomic E-state index is 12.5. The van der Waals surface area contributed by atoms with Gasteiger partial charge < -0.3 is 48.5 Å². The summed E-state index contributed by atoms with van der Waals surface area (Å²) in [5.41, 5.74) is 11.6. The van der Waals surface area contributed by atoms with Crippen molar-refractivity contribution in [3.8, 4) is 0 Å². The third-order valence-electron chi connectivity index (χ3n) is 14.2. The number of aromatic amines is 2. The fourth-order valence-electron chi connectivity index (χ4n) is 9.47. The van der Waals surface area contributed by atoms with Gasteiger partial charge in [0, 0.05) is 89.3 Å². The van der Waals surface area contributed by atoms with Crippen LogP contribution in [0.3, 0.4) is 0 Å². The van der Waals surface area contributed by atoms with E-state index in [0.29, 0.717) is 80.3 Å². The van der Waals surface area contributed by atoms with Crippen molar-refractivity contribution in [1.29, 1.82) is 0 Å². The van der Waals surface area contributed by atoms with E-state index in [4.69, 9.17) is 31.0 Å². The van der Waals surface area contributed by atoms with E-state index in [2.05, 4.69) is 72.7 Å². The number of halogens is 1. The van der Waals surface area contributed by atoms with Gasteiger partial charge in [-0.1, -0.05) is 0 Å². The molecule has 4 aliphatic heterocycles. The fraction of sp³-hybridized carbons (Fsp3) is 0.339. The topological polar surface area (TPSA) is 597 Å². The molecule has 4 fully saturated rings. The van der Waals surface area contributed by atoms with Crippen LogP contribution >= 0.6 is 22.6 Å². The van der Waals surface area contributed by atoms with E-state index in [1.165, 1.54) is 42.5 Å². The van der Waals surface area contributed by atoms with E-state index in [1.807, 2.05) is 28.7 Å². The third kappa shape index (κ3) is 24.2. The van der Waals surface area contributed by atoms with Crippen molar-refractivity contribution >= 4 is 172 Å². The quantitative estimate of drug-likeness (QED) is 0.0130. The Kier molecular flexibility index (Phi) is 31.6. The summed E-state index contributed by atoms with van der Waals surface area (Å²) in [6, 6.07) is 15.7. The maximum atomic E-state index is 12.5. The number of nitrogen functional groups attached to an aromatic ring is 1. The molecule has 13 N–H and O–H groups in total. The number of non-ortho nitro benzene ring substituents is 3. The molecule has 12 rings (SSSR count).